The first-order valence-corrected chi connectivity index (χ1v) is 4.62. The van der Waals surface area contributed by atoms with E-state index >= 15 is 0 Å². The fraction of sp³-hybridized carbons (Fsp3) is 0.333. The number of hydrazine groups is 1. The van der Waals surface area contributed by atoms with E-state index in [2.05, 4.69) is 20.8 Å². The maximum Gasteiger partial charge on any atom is 0.356 e. The van der Waals surface area contributed by atoms with Gasteiger partial charge >= 0.3 is 5.97 Å². The molecular formula is C9H12N4O3. The molecule has 16 heavy (non-hydrogen) atoms. The molecule has 1 aromatic rings. The summed E-state index contributed by atoms with van der Waals surface area (Å²) in [7, 11) is 0. The molecule has 0 aromatic carbocycles. The van der Waals surface area contributed by atoms with E-state index in [1.165, 1.54) is 12.4 Å². The second-order valence-corrected chi connectivity index (χ2v) is 3.31. The third-order valence-corrected chi connectivity index (χ3v) is 1.59. The topological polar surface area (TPSA) is 104 Å². The Morgan fingerprint density at radius 3 is 2.31 bits per heavy atom. The minimum absolute atomic E-state index is 0.0360. The molecule has 1 heterocycles. The predicted octanol–water partition coefficient (Wildman–Crippen LogP) is -0.182. The molecule has 0 unspecified atom stereocenters. The summed E-state index contributed by atoms with van der Waals surface area (Å²) in [6.45, 7) is 3.66. The normalized spacial score (nSPS) is 10.2. The number of carbonyl (C=O) groups is 2. The van der Waals surface area contributed by atoms with Crippen LogP contribution in [0.25, 0.3) is 0 Å². The van der Waals surface area contributed by atoms with Gasteiger partial charge in [-0.25, -0.2) is 20.2 Å². The van der Waals surface area contributed by atoms with Gasteiger partial charge in [0.05, 0.1) is 0 Å². The van der Waals surface area contributed by atoms with E-state index in [4.69, 9.17) is 5.11 Å². The number of nitrogens with one attached hydrogen (secondary N) is 2. The number of aromatic nitrogens is 2. The number of hydrogen-bond donors (Lipinski definition) is 3. The van der Waals surface area contributed by atoms with E-state index in [9.17, 15) is 9.59 Å². The second-order valence-electron chi connectivity index (χ2n) is 3.31. The highest BCUT2D eigenvalue weighted by atomic mass is 16.4. The lowest BCUT2D eigenvalue weighted by Gasteiger charge is -2.09. The summed E-state index contributed by atoms with van der Waals surface area (Å²) in [6, 6.07) is 0.0360. The van der Waals surface area contributed by atoms with Crippen molar-refractivity contribution in [3.63, 3.8) is 0 Å². The monoisotopic (exact) mass is 224 g/mol. The molecule has 0 aliphatic heterocycles. The van der Waals surface area contributed by atoms with Gasteiger partial charge in [-0.2, -0.15) is 0 Å². The number of carboxylic acids is 1. The molecule has 1 aromatic heterocycles. The standard InChI is InChI=1S/C9H12N4O3/c1-5(2)12-13-8(14)6-7(9(15)16)11-4-3-10-6/h3-5,12H,1-2H3,(H,13,14)(H,15,16). The summed E-state index contributed by atoms with van der Waals surface area (Å²) >= 11 is 0. The van der Waals surface area contributed by atoms with Crippen LogP contribution in [0, 0.1) is 0 Å². The number of carboxylic acid groups (broad SMARTS) is 1. The Balaban J connectivity index is 2.86. The zero-order valence-corrected chi connectivity index (χ0v) is 8.89. The molecule has 7 nitrogen and oxygen atoms in total. The van der Waals surface area contributed by atoms with E-state index in [-0.39, 0.29) is 17.4 Å². The molecule has 7 heteroatoms. The quantitative estimate of drug-likeness (QED) is 0.613. The van der Waals surface area contributed by atoms with Crippen LogP contribution in [0.4, 0.5) is 0 Å². The second kappa shape index (κ2) is 5.17. The third kappa shape index (κ3) is 2.99. The molecule has 86 valence electrons. The Morgan fingerprint density at radius 2 is 1.81 bits per heavy atom. The van der Waals surface area contributed by atoms with Crippen LogP contribution in [0.5, 0.6) is 0 Å². The van der Waals surface area contributed by atoms with Crippen molar-refractivity contribution in [1.82, 2.24) is 20.8 Å². The van der Waals surface area contributed by atoms with Gasteiger partial charge in [0.2, 0.25) is 0 Å². The molecule has 1 rings (SSSR count). The van der Waals surface area contributed by atoms with Crippen LogP contribution in [0.2, 0.25) is 0 Å². The largest absolute Gasteiger partial charge is 0.476 e. The first-order valence-electron chi connectivity index (χ1n) is 4.62. The molecule has 0 spiro atoms. The summed E-state index contributed by atoms with van der Waals surface area (Å²) in [5, 5.41) is 8.79. The zero-order valence-electron chi connectivity index (χ0n) is 8.89. The average Bonchev–Trinajstić information content (AvgIpc) is 2.25. The van der Waals surface area contributed by atoms with Gasteiger partial charge in [-0.15, -0.1) is 0 Å². The molecule has 0 saturated carbocycles. The van der Waals surface area contributed by atoms with Gasteiger partial charge in [0.25, 0.3) is 5.91 Å². The van der Waals surface area contributed by atoms with Gasteiger partial charge in [-0.1, -0.05) is 0 Å². The molecule has 0 aliphatic carbocycles. The number of amides is 1. The SMILES string of the molecule is CC(C)NNC(=O)c1nccnc1C(=O)O. The molecule has 0 fully saturated rings. The van der Waals surface area contributed by atoms with Crippen LogP contribution in [-0.4, -0.2) is 33.0 Å². The van der Waals surface area contributed by atoms with Crippen molar-refractivity contribution < 1.29 is 14.7 Å². The lowest BCUT2D eigenvalue weighted by molar-refractivity contribution is 0.0682. The van der Waals surface area contributed by atoms with Crippen molar-refractivity contribution in [3.8, 4) is 0 Å². The molecular weight excluding hydrogens is 212 g/mol. The predicted molar refractivity (Wildman–Crippen MR) is 54.7 cm³/mol. The summed E-state index contributed by atoms with van der Waals surface area (Å²) in [5.74, 6) is -1.91. The van der Waals surface area contributed by atoms with Gasteiger partial charge in [0.15, 0.2) is 11.4 Å². The highest BCUT2D eigenvalue weighted by Crippen LogP contribution is 2.00. The number of carbonyl (C=O) groups excluding carboxylic acids is 1. The van der Waals surface area contributed by atoms with Gasteiger partial charge in [-0.05, 0) is 13.8 Å². The van der Waals surface area contributed by atoms with Gasteiger partial charge in [0.1, 0.15) is 0 Å². The summed E-state index contributed by atoms with van der Waals surface area (Å²) in [6.07, 6.45) is 2.48. The van der Waals surface area contributed by atoms with E-state index in [1.807, 2.05) is 13.8 Å². The molecule has 0 atom stereocenters. The Labute approximate surface area is 91.9 Å². The van der Waals surface area contributed by atoms with E-state index < -0.39 is 11.9 Å². The molecule has 1 amide bonds. The minimum Gasteiger partial charge on any atom is -0.476 e. The minimum atomic E-state index is -1.29. The highest BCUT2D eigenvalue weighted by molar-refractivity contribution is 6.01. The number of aromatic carboxylic acids is 1. The summed E-state index contributed by atoms with van der Waals surface area (Å²) in [4.78, 5) is 29.6. The summed E-state index contributed by atoms with van der Waals surface area (Å²) in [5.41, 5.74) is 4.40. The molecule has 0 saturated heterocycles. The van der Waals surface area contributed by atoms with Gasteiger partial charge in [-0.3, -0.25) is 10.2 Å². The smallest absolute Gasteiger partial charge is 0.356 e. The van der Waals surface area contributed by atoms with Crippen molar-refractivity contribution in [3.05, 3.63) is 23.8 Å². The van der Waals surface area contributed by atoms with Crippen LogP contribution < -0.4 is 10.9 Å². The fourth-order valence-corrected chi connectivity index (χ4v) is 0.930. The molecule has 0 aliphatic rings. The maximum absolute atomic E-state index is 11.5. The Morgan fingerprint density at radius 1 is 1.25 bits per heavy atom. The van der Waals surface area contributed by atoms with Crippen molar-refractivity contribution in [2.75, 3.05) is 0 Å². The van der Waals surface area contributed by atoms with E-state index in [0.29, 0.717) is 0 Å². The molecule has 3 N–H and O–H groups in total. The first-order chi connectivity index (χ1) is 7.52. The van der Waals surface area contributed by atoms with Crippen molar-refractivity contribution in [1.29, 1.82) is 0 Å². The Hall–Kier alpha value is -2.02. The summed E-state index contributed by atoms with van der Waals surface area (Å²) < 4.78 is 0. The van der Waals surface area contributed by atoms with Gasteiger partial charge in [0, 0.05) is 18.4 Å². The number of nitrogens with zero attached hydrogens (tertiary/aromatic N) is 2. The Bertz CT molecular complexity index is 405. The maximum atomic E-state index is 11.5. The lowest BCUT2D eigenvalue weighted by atomic mass is 10.3. The molecule has 0 bridgehead atoms. The van der Waals surface area contributed by atoms with Crippen molar-refractivity contribution in [2.45, 2.75) is 19.9 Å². The first kappa shape index (κ1) is 12.1. The van der Waals surface area contributed by atoms with Crippen LogP contribution in [0.15, 0.2) is 12.4 Å². The average molecular weight is 224 g/mol. The third-order valence-electron chi connectivity index (χ3n) is 1.59. The van der Waals surface area contributed by atoms with E-state index in [0.717, 1.165) is 0 Å². The Kier molecular flexibility index (Phi) is 3.90. The van der Waals surface area contributed by atoms with Crippen LogP contribution in [-0.2, 0) is 0 Å². The van der Waals surface area contributed by atoms with Crippen LogP contribution in [0.1, 0.15) is 34.8 Å². The number of hydrogen-bond acceptors (Lipinski definition) is 5. The highest BCUT2D eigenvalue weighted by Gasteiger charge is 2.18. The van der Waals surface area contributed by atoms with Crippen LogP contribution >= 0.6 is 0 Å². The van der Waals surface area contributed by atoms with E-state index in [1.54, 1.807) is 0 Å². The molecule has 0 radical (unpaired) electrons. The van der Waals surface area contributed by atoms with Crippen molar-refractivity contribution in [2.24, 2.45) is 0 Å². The van der Waals surface area contributed by atoms with Crippen molar-refractivity contribution >= 4 is 11.9 Å². The van der Waals surface area contributed by atoms with Crippen LogP contribution in [0.3, 0.4) is 0 Å². The van der Waals surface area contributed by atoms with Gasteiger partial charge < -0.3 is 5.11 Å². The fourth-order valence-electron chi connectivity index (χ4n) is 0.930. The lowest BCUT2D eigenvalue weighted by Crippen LogP contribution is -2.42. The zero-order chi connectivity index (χ0) is 12.1. The number of rotatable bonds is 4.